The highest BCUT2D eigenvalue weighted by atomic mass is 16.5. The number of pyridine rings is 1. The summed E-state index contributed by atoms with van der Waals surface area (Å²) in [5, 5.41) is 8.62. The van der Waals surface area contributed by atoms with Crippen LogP contribution in [0.15, 0.2) is 42.6 Å². The van der Waals surface area contributed by atoms with E-state index in [-0.39, 0.29) is 30.1 Å². The van der Waals surface area contributed by atoms with Crippen LogP contribution in [0.4, 0.5) is 10.6 Å². The third-order valence-electron chi connectivity index (χ3n) is 5.92. The maximum Gasteiger partial charge on any atom is 0.315 e. The van der Waals surface area contributed by atoms with Gasteiger partial charge in [-0.3, -0.25) is 4.79 Å². The molecule has 0 aliphatic carbocycles. The average Bonchev–Trinajstić information content (AvgIpc) is 2.81. The van der Waals surface area contributed by atoms with E-state index in [0.29, 0.717) is 19.5 Å². The molecule has 8 heteroatoms. The minimum atomic E-state index is -0.614. The minimum absolute atomic E-state index is 0.166. The van der Waals surface area contributed by atoms with Crippen LogP contribution in [0.3, 0.4) is 0 Å². The Balaban J connectivity index is 1.51. The number of hydrogen-bond acceptors (Lipinski definition) is 5. The van der Waals surface area contributed by atoms with Crippen molar-refractivity contribution in [3.05, 3.63) is 59.3 Å². The molecule has 190 valence electrons. The van der Waals surface area contributed by atoms with Crippen LogP contribution in [0.2, 0.25) is 0 Å². The summed E-state index contributed by atoms with van der Waals surface area (Å²) in [6.45, 7) is 12.6. The molecule has 3 atom stereocenters. The van der Waals surface area contributed by atoms with Gasteiger partial charge >= 0.3 is 6.03 Å². The number of nitrogens with zero attached hydrogens (tertiary/aromatic N) is 2. The number of hydrogen-bond donors (Lipinski definition) is 3. The van der Waals surface area contributed by atoms with Gasteiger partial charge in [-0.25, -0.2) is 9.78 Å². The number of nitrogens with one attached hydrogen (secondary N) is 3. The molecule has 35 heavy (non-hydrogen) atoms. The molecule has 3 unspecified atom stereocenters. The molecule has 2 heterocycles. The molecule has 0 radical (unpaired) electrons. The highest BCUT2D eigenvalue weighted by molar-refractivity contribution is 5.87. The molecule has 1 aromatic heterocycles. The lowest BCUT2D eigenvalue weighted by Crippen LogP contribution is -2.50. The zero-order valence-electron chi connectivity index (χ0n) is 21.5. The Hall–Kier alpha value is -3.13. The predicted octanol–water partition coefficient (Wildman–Crippen LogP) is 3.53. The minimum Gasteiger partial charge on any atom is -0.372 e. The fourth-order valence-corrected chi connectivity index (χ4v) is 4.19. The van der Waals surface area contributed by atoms with Crippen molar-refractivity contribution in [2.24, 2.45) is 5.92 Å². The first-order valence-corrected chi connectivity index (χ1v) is 12.4. The van der Waals surface area contributed by atoms with Crippen LogP contribution in [-0.2, 0) is 22.6 Å². The van der Waals surface area contributed by atoms with Crippen molar-refractivity contribution >= 4 is 17.8 Å². The van der Waals surface area contributed by atoms with E-state index < -0.39 is 6.04 Å². The molecular formula is C27H39N5O3. The van der Waals surface area contributed by atoms with Gasteiger partial charge in [-0.15, -0.1) is 0 Å². The van der Waals surface area contributed by atoms with Gasteiger partial charge in [-0.1, -0.05) is 49.7 Å². The van der Waals surface area contributed by atoms with E-state index in [1.165, 1.54) is 5.56 Å². The van der Waals surface area contributed by atoms with E-state index in [1.54, 1.807) is 6.20 Å². The van der Waals surface area contributed by atoms with Crippen LogP contribution >= 0.6 is 0 Å². The molecule has 1 saturated heterocycles. The quantitative estimate of drug-likeness (QED) is 0.509. The Kier molecular flexibility index (Phi) is 9.48. The summed E-state index contributed by atoms with van der Waals surface area (Å²) in [5.74, 6) is 0.957. The maximum atomic E-state index is 12.9. The van der Waals surface area contributed by atoms with E-state index in [2.05, 4.69) is 39.7 Å². The largest absolute Gasteiger partial charge is 0.372 e. The van der Waals surface area contributed by atoms with Crippen molar-refractivity contribution in [1.82, 2.24) is 20.9 Å². The first-order chi connectivity index (χ1) is 16.7. The van der Waals surface area contributed by atoms with Crippen LogP contribution in [0.1, 0.15) is 50.8 Å². The summed E-state index contributed by atoms with van der Waals surface area (Å²) < 4.78 is 5.79. The second-order valence-electron chi connectivity index (χ2n) is 9.90. The van der Waals surface area contributed by atoms with Crippen LogP contribution in [0, 0.1) is 12.8 Å². The van der Waals surface area contributed by atoms with E-state index in [9.17, 15) is 9.59 Å². The topological polar surface area (TPSA) is 95.6 Å². The molecule has 3 N–H and O–H groups in total. The van der Waals surface area contributed by atoms with E-state index in [0.717, 1.165) is 30.0 Å². The van der Waals surface area contributed by atoms with E-state index >= 15 is 0 Å². The molecule has 0 bridgehead atoms. The molecule has 1 aromatic carbocycles. The lowest BCUT2D eigenvalue weighted by molar-refractivity contribution is -0.123. The summed E-state index contributed by atoms with van der Waals surface area (Å²) in [6, 6.07) is 11.0. The monoisotopic (exact) mass is 481 g/mol. The average molecular weight is 482 g/mol. The number of rotatable bonds is 9. The van der Waals surface area contributed by atoms with Gasteiger partial charge in [0.15, 0.2) is 0 Å². The number of urea groups is 1. The summed E-state index contributed by atoms with van der Waals surface area (Å²) in [5.41, 5.74) is 3.08. The van der Waals surface area contributed by atoms with Gasteiger partial charge in [-0.2, -0.15) is 0 Å². The van der Waals surface area contributed by atoms with Gasteiger partial charge in [0, 0.05) is 32.4 Å². The zero-order chi connectivity index (χ0) is 25.4. The Morgan fingerprint density at radius 3 is 2.23 bits per heavy atom. The highest BCUT2D eigenvalue weighted by Crippen LogP contribution is 2.18. The number of carbonyl (C=O) groups excluding carboxylic acids is 2. The van der Waals surface area contributed by atoms with Crippen LogP contribution in [0.5, 0.6) is 0 Å². The van der Waals surface area contributed by atoms with Gasteiger partial charge in [-0.05, 0) is 50.3 Å². The molecule has 0 saturated carbocycles. The first kappa shape index (κ1) is 26.5. The Bertz CT molecular complexity index is 952. The van der Waals surface area contributed by atoms with Crippen LogP contribution in [-0.4, -0.2) is 48.3 Å². The number of ether oxygens (including phenoxy) is 1. The summed E-state index contributed by atoms with van der Waals surface area (Å²) >= 11 is 0. The van der Waals surface area contributed by atoms with Crippen molar-refractivity contribution in [2.75, 3.05) is 18.0 Å². The number of anilines is 1. The first-order valence-electron chi connectivity index (χ1n) is 12.4. The third kappa shape index (κ3) is 8.55. The number of aromatic nitrogens is 1. The van der Waals surface area contributed by atoms with Gasteiger partial charge in [0.2, 0.25) is 5.91 Å². The van der Waals surface area contributed by atoms with Crippen molar-refractivity contribution in [3.8, 4) is 0 Å². The molecule has 3 rings (SSSR count). The lowest BCUT2D eigenvalue weighted by atomic mass is 10.0. The highest BCUT2D eigenvalue weighted by Gasteiger charge is 2.24. The van der Waals surface area contributed by atoms with E-state index in [4.69, 9.17) is 4.74 Å². The van der Waals surface area contributed by atoms with Gasteiger partial charge in [0.1, 0.15) is 11.9 Å². The Labute approximate surface area is 208 Å². The van der Waals surface area contributed by atoms with Gasteiger partial charge in [0.05, 0.1) is 12.2 Å². The summed E-state index contributed by atoms with van der Waals surface area (Å²) in [7, 11) is 0. The molecular weight excluding hydrogens is 442 g/mol. The molecule has 1 aliphatic rings. The number of amides is 3. The van der Waals surface area contributed by atoms with Crippen molar-refractivity contribution in [2.45, 2.75) is 72.4 Å². The second kappa shape index (κ2) is 12.5. The van der Waals surface area contributed by atoms with Crippen molar-refractivity contribution in [3.63, 3.8) is 0 Å². The fourth-order valence-electron chi connectivity index (χ4n) is 4.19. The van der Waals surface area contributed by atoms with Gasteiger partial charge in [0.25, 0.3) is 0 Å². The standard InChI is InChI=1S/C27H39N5O3/c1-18(2)12-24(31-27(34)30-13-22-8-6-19(3)7-9-22)26(33)29-15-23-10-11-25(28-14-23)32-16-20(4)35-21(5)17-32/h6-11,14,18,20-21,24H,12-13,15-17H2,1-5H3,(H,29,33)(H2,30,31,34). The van der Waals surface area contributed by atoms with Crippen molar-refractivity contribution in [1.29, 1.82) is 0 Å². The molecule has 2 aromatic rings. The smallest absolute Gasteiger partial charge is 0.315 e. The summed E-state index contributed by atoms with van der Waals surface area (Å²) in [4.78, 5) is 32.2. The Morgan fingerprint density at radius 1 is 1.00 bits per heavy atom. The molecule has 1 fully saturated rings. The molecule has 3 amide bonds. The number of aryl methyl sites for hydroxylation is 1. The number of morpholine rings is 1. The zero-order valence-corrected chi connectivity index (χ0v) is 21.5. The predicted molar refractivity (Wildman–Crippen MR) is 138 cm³/mol. The normalized spacial score (nSPS) is 18.7. The molecule has 1 aliphatic heterocycles. The summed E-state index contributed by atoms with van der Waals surface area (Å²) in [6.07, 6.45) is 2.67. The Morgan fingerprint density at radius 2 is 1.63 bits per heavy atom. The van der Waals surface area contributed by atoms with Crippen LogP contribution in [0.25, 0.3) is 0 Å². The second-order valence-corrected chi connectivity index (χ2v) is 9.90. The van der Waals surface area contributed by atoms with Crippen LogP contribution < -0.4 is 20.9 Å². The number of carbonyl (C=O) groups is 2. The number of benzene rings is 1. The lowest BCUT2D eigenvalue weighted by Gasteiger charge is -2.36. The van der Waals surface area contributed by atoms with Crippen molar-refractivity contribution < 1.29 is 14.3 Å². The fraction of sp³-hybridized carbons (Fsp3) is 0.519. The maximum absolute atomic E-state index is 12.9. The SMILES string of the molecule is Cc1ccc(CNC(=O)NC(CC(C)C)C(=O)NCc2ccc(N3CC(C)OC(C)C3)nc2)cc1. The third-order valence-corrected chi connectivity index (χ3v) is 5.92. The van der Waals surface area contributed by atoms with Gasteiger partial charge < -0.3 is 25.6 Å². The van der Waals surface area contributed by atoms with E-state index in [1.807, 2.05) is 57.2 Å². The molecule has 0 spiro atoms. The molecule has 8 nitrogen and oxygen atoms in total.